The minimum absolute atomic E-state index is 0.214. The van der Waals surface area contributed by atoms with Crippen molar-refractivity contribution in [1.29, 1.82) is 0 Å². The van der Waals surface area contributed by atoms with Gasteiger partial charge in [0.15, 0.2) is 5.69 Å². The Morgan fingerprint density at radius 1 is 1.53 bits per heavy atom. The normalized spacial score (nSPS) is 10.0. The minimum Gasteiger partial charge on any atom is -0.461 e. The van der Waals surface area contributed by atoms with Crippen molar-refractivity contribution in [2.24, 2.45) is 0 Å². The SMILES string of the molecule is CCCCOC(=O)c1nc(C)ccc1N. The van der Waals surface area contributed by atoms with Gasteiger partial charge in [-0.25, -0.2) is 9.78 Å². The first-order chi connectivity index (χ1) is 7.15. The number of unbranched alkanes of at least 4 members (excludes halogenated alkanes) is 1. The van der Waals surface area contributed by atoms with Gasteiger partial charge in [0.2, 0.25) is 0 Å². The van der Waals surface area contributed by atoms with Crippen LogP contribution in [0.25, 0.3) is 0 Å². The van der Waals surface area contributed by atoms with Gasteiger partial charge in [-0.3, -0.25) is 0 Å². The van der Waals surface area contributed by atoms with Crippen LogP contribution in [-0.2, 0) is 4.74 Å². The topological polar surface area (TPSA) is 65.2 Å². The second-order valence-corrected chi connectivity index (χ2v) is 3.38. The lowest BCUT2D eigenvalue weighted by Crippen LogP contribution is -2.11. The summed E-state index contributed by atoms with van der Waals surface area (Å²) in [5.41, 5.74) is 6.96. The second-order valence-electron chi connectivity index (χ2n) is 3.38. The van der Waals surface area contributed by atoms with Gasteiger partial charge in [-0.1, -0.05) is 13.3 Å². The Morgan fingerprint density at radius 3 is 2.93 bits per heavy atom. The first-order valence-electron chi connectivity index (χ1n) is 5.05. The summed E-state index contributed by atoms with van der Waals surface area (Å²) in [6.45, 7) is 4.26. The summed E-state index contributed by atoms with van der Waals surface area (Å²) in [7, 11) is 0. The molecule has 1 aromatic heterocycles. The van der Waals surface area contributed by atoms with Gasteiger partial charge in [0, 0.05) is 5.69 Å². The Hall–Kier alpha value is -1.58. The number of nitrogen functional groups attached to an aromatic ring is 1. The fraction of sp³-hybridized carbons (Fsp3) is 0.455. The first-order valence-corrected chi connectivity index (χ1v) is 5.05. The molecule has 0 aliphatic heterocycles. The van der Waals surface area contributed by atoms with Crippen LogP contribution in [0.2, 0.25) is 0 Å². The van der Waals surface area contributed by atoms with E-state index in [1.807, 2.05) is 13.8 Å². The maximum absolute atomic E-state index is 11.5. The smallest absolute Gasteiger partial charge is 0.359 e. The maximum Gasteiger partial charge on any atom is 0.359 e. The lowest BCUT2D eigenvalue weighted by molar-refractivity contribution is 0.0494. The molecule has 0 fully saturated rings. The third-order valence-electron chi connectivity index (χ3n) is 1.99. The van der Waals surface area contributed by atoms with Gasteiger partial charge < -0.3 is 10.5 Å². The van der Waals surface area contributed by atoms with Gasteiger partial charge in [0.25, 0.3) is 0 Å². The number of aromatic nitrogens is 1. The number of carbonyl (C=O) groups is 1. The van der Waals surface area contributed by atoms with Gasteiger partial charge in [0.05, 0.1) is 12.3 Å². The van der Waals surface area contributed by atoms with Crippen LogP contribution in [0.15, 0.2) is 12.1 Å². The molecule has 0 atom stereocenters. The Labute approximate surface area is 89.5 Å². The van der Waals surface area contributed by atoms with Gasteiger partial charge in [-0.2, -0.15) is 0 Å². The molecule has 4 nitrogen and oxygen atoms in total. The molecule has 1 aromatic rings. The molecule has 4 heteroatoms. The molecule has 0 bridgehead atoms. The average molecular weight is 208 g/mol. The fourth-order valence-corrected chi connectivity index (χ4v) is 1.11. The van der Waals surface area contributed by atoms with Crippen molar-refractivity contribution < 1.29 is 9.53 Å². The molecule has 0 aliphatic rings. The van der Waals surface area contributed by atoms with E-state index < -0.39 is 5.97 Å². The predicted molar refractivity (Wildman–Crippen MR) is 58.6 cm³/mol. The highest BCUT2D eigenvalue weighted by Gasteiger charge is 2.12. The highest BCUT2D eigenvalue weighted by atomic mass is 16.5. The van der Waals surface area contributed by atoms with Crippen LogP contribution in [0.3, 0.4) is 0 Å². The molecule has 0 saturated heterocycles. The molecule has 15 heavy (non-hydrogen) atoms. The fourth-order valence-electron chi connectivity index (χ4n) is 1.11. The van der Waals surface area contributed by atoms with E-state index in [9.17, 15) is 4.79 Å². The van der Waals surface area contributed by atoms with E-state index in [0.29, 0.717) is 12.3 Å². The minimum atomic E-state index is -0.440. The van der Waals surface area contributed by atoms with Gasteiger partial charge in [-0.05, 0) is 25.5 Å². The van der Waals surface area contributed by atoms with E-state index in [-0.39, 0.29) is 5.69 Å². The number of nitrogens with two attached hydrogens (primary N) is 1. The van der Waals surface area contributed by atoms with Crippen molar-refractivity contribution in [1.82, 2.24) is 4.98 Å². The van der Waals surface area contributed by atoms with E-state index in [1.54, 1.807) is 12.1 Å². The van der Waals surface area contributed by atoms with Gasteiger partial charge in [0.1, 0.15) is 0 Å². The summed E-state index contributed by atoms with van der Waals surface area (Å²) in [6, 6.07) is 3.43. The lowest BCUT2D eigenvalue weighted by Gasteiger charge is -2.06. The van der Waals surface area contributed by atoms with Crippen LogP contribution in [0.5, 0.6) is 0 Å². The van der Waals surface area contributed by atoms with Gasteiger partial charge >= 0.3 is 5.97 Å². The Kier molecular flexibility index (Phi) is 4.09. The molecule has 0 saturated carbocycles. The maximum atomic E-state index is 11.5. The van der Waals surface area contributed by atoms with Crippen molar-refractivity contribution in [3.63, 3.8) is 0 Å². The molecule has 0 unspecified atom stereocenters. The molecule has 2 N–H and O–H groups in total. The van der Waals surface area contributed by atoms with Crippen LogP contribution in [0.1, 0.15) is 35.9 Å². The van der Waals surface area contributed by atoms with E-state index in [2.05, 4.69) is 4.98 Å². The molecular weight excluding hydrogens is 192 g/mol. The lowest BCUT2D eigenvalue weighted by atomic mass is 10.2. The number of anilines is 1. The summed E-state index contributed by atoms with van der Waals surface area (Å²) in [6.07, 6.45) is 1.85. The standard InChI is InChI=1S/C11H16N2O2/c1-3-4-7-15-11(14)10-9(12)6-5-8(2)13-10/h5-6H,3-4,7,12H2,1-2H3. The van der Waals surface area contributed by atoms with E-state index >= 15 is 0 Å². The first kappa shape index (κ1) is 11.5. The van der Waals surface area contributed by atoms with Crippen molar-refractivity contribution in [3.05, 3.63) is 23.5 Å². The van der Waals surface area contributed by atoms with E-state index in [1.165, 1.54) is 0 Å². The summed E-state index contributed by atoms with van der Waals surface area (Å²) < 4.78 is 5.02. The zero-order valence-electron chi connectivity index (χ0n) is 9.12. The van der Waals surface area contributed by atoms with Crippen molar-refractivity contribution in [2.45, 2.75) is 26.7 Å². The molecule has 0 aliphatic carbocycles. The third-order valence-corrected chi connectivity index (χ3v) is 1.99. The molecule has 0 aromatic carbocycles. The van der Waals surface area contributed by atoms with Crippen LogP contribution in [0.4, 0.5) is 5.69 Å². The predicted octanol–water partition coefficient (Wildman–Crippen LogP) is 1.93. The van der Waals surface area contributed by atoms with Crippen molar-refractivity contribution >= 4 is 11.7 Å². The molecule has 0 amide bonds. The second kappa shape index (κ2) is 5.34. The highest BCUT2D eigenvalue weighted by Crippen LogP contribution is 2.11. The quantitative estimate of drug-likeness (QED) is 0.606. The Bertz CT molecular complexity index is 350. The molecule has 82 valence electrons. The summed E-state index contributed by atoms with van der Waals surface area (Å²) in [5, 5.41) is 0. The molecule has 1 heterocycles. The number of ether oxygens (including phenoxy) is 1. The number of nitrogens with zero attached hydrogens (tertiary/aromatic N) is 1. The van der Waals surface area contributed by atoms with Crippen LogP contribution < -0.4 is 5.73 Å². The number of hydrogen-bond donors (Lipinski definition) is 1. The number of hydrogen-bond acceptors (Lipinski definition) is 4. The van der Waals surface area contributed by atoms with Crippen LogP contribution in [0, 0.1) is 6.92 Å². The third kappa shape index (κ3) is 3.23. The number of carbonyl (C=O) groups excluding carboxylic acids is 1. The summed E-state index contributed by atoms with van der Waals surface area (Å²) >= 11 is 0. The zero-order chi connectivity index (χ0) is 11.3. The molecule has 1 rings (SSSR count). The van der Waals surface area contributed by atoms with E-state index in [0.717, 1.165) is 18.5 Å². The largest absolute Gasteiger partial charge is 0.461 e. The summed E-state index contributed by atoms with van der Waals surface area (Å²) in [4.78, 5) is 15.6. The van der Waals surface area contributed by atoms with Crippen molar-refractivity contribution in [2.75, 3.05) is 12.3 Å². The average Bonchev–Trinajstić information content (AvgIpc) is 2.22. The Morgan fingerprint density at radius 2 is 2.27 bits per heavy atom. The number of rotatable bonds is 4. The monoisotopic (exact) mass is 208 g/mol. The van der Waals surface area contributed by atoms with Crippen molar-refractivity contribution in [3.8, 4) is 0 Å². The zero-order valence-corrected chi connectivity index (χ0v) is 9.12. The number of pyridine rings is 1. The summed E-state index contributed by atoms with van der Waals surface area (Å²) in [5.74, 6) is -0.440. The van der Waals surface area contributed by atoms with Crippen LogP contribution in [-0.4, -0.2) is 17.6 Å². The van der Waals surface area contributed by atoms with E-state index in [4.69, 9.17) is 10.5 Å². The Balaban J connectivity index is 2.68. The highest BCUT2D eigenvalue weighted by molar-refractivity contribution is 5.92. The van der Waals surface area contributed by atoms with Crippen LogP contribution >= 0.6 is 0 Å². The number of aryl methyl sites for hydroxylation is 1. The molecular formula is C11H16N2O2. The molecule has 0 spiro atoms. The van der Waals surface area contributed by atoms with Gasteiger partial charge in [-0.15, -0.1) is 0 Å². The molecule has 0 radical (unpaired) electrons. The number of esters is 1.